The normalized spacial score (nSPS) is 19.7. The van der Waals surface area contributed by atoms with E-state index in [9.17, 15) is 21.6 Å². The minimum Gasteiger partial charge on any atom is -0.457 e. The van der Waals surface area contributed by atoms with Gasteiger partial charge in [0.1, 0.15) is 11.5 Å². The second-order valence-electron chi connectivity index (χ2n) is 8.30. The van der Waals surface area contributed by atoms with E-state index in [0.29, 0.717) is 46.7 Å². The fraction of sp³-hybridized carbons (Fsp3) is 0.217. The maximum Gasteiger partial charge on any atom is 0.253 e. The van der Waals surface area contributed by atoms with Gasteiger partial charge in [0.25, 0.3) is 5.91 Å². The van der Waals surface area contributed by atoms with Gasteiger partial charge in [-0.3, -0.25) is 14.5 Å². The molecule has 1 unspecified atom stereocenters. The number of benzene rings is 2. The minimum atomic E-state index is -3.51. The Morgan fingerprint density at radius 3 is 2.62 bits per heavy atom. The molecule has 0 aromatic heterocycles. The Hall–Kier alpha value is -3.44. The molecule has 34 heavy (non-hydrogen) atoms. The molecular weight excluding hydrogens is 478 g/mol. The summed E-state index contributed by atoms with van der Waals surface area (Å²) in [6.07, 6.45) is 7.16. The summed E-state index contributed by atoms with van der Waals surface area (Å²) in [5.74, 6) is 0.419. The van der Waals surface area contributed by atoms with E-state index in [0.717, 1.165) is 6.26 Å². The average molecular weight is 500 g/mol. The molecule has 0 bridgehead atoms. The summed E-state index contributed by atoms with van der Waals surface area (Å²) < 4.78 is 57.7. The van der Waals surface area contributed by atoms with Crippen molar-refractivity contribution in [3.63, 3.8) is 0 Å². The van der Waals surface area contributed by atoms with Crippen LogP contribution in [0.3, 0.4) is 0 Å². The van der Waals surface area contributed by atoms with Gasteiger partial charge in [0.15, 0.2) is 15.9 Å². The zero-order valence-electron chi connectivity index (χ0n) is 18.1. The summed E-state index contributed by atoms with van der Waals surface area (Å²) in [4.78, 5) is 16.4. The number of nitrogens with zero attached hydrogens (tertiary/aromatic N) is 1. The number of nitrogens with one attached hydrogen (secondary N) is 2. The maximum atomic E-state index is 12.3. The Morgan fingerprint density at radius 1 is 1.09 bits per heavy atom. The number of sulfone groups is 1. The minimum absolute atomic E-state index is 0.0923. The molecule has 9 nitrogen and oxygen atoms in total. The van der Waals surface area contributed by atoms with Crippen molar-refractivity contribution in [1.29, 1.82) is 0 Å². The number of rotatable bonds is 7. The zero-order chi connectivity index (χ0) is 24.1. The highest BCUT2D eigenvalue weighted by Crippen LogP contribution is 2.39. The fourth-order valence-corrected chi connectivity index (χ4v) is 5.81. The molecule has 1 saturated carbocycles. The molecule has 1 atom stereocenters. The Kier molecular flexibility index (Phi) is 5.33. The first-order chi connectivity index (χ1) is 16.1. The molecule has 0 radical (unpaired) electrons. The number of fused-ring (bicyclic) bond motifs is 1. The molecule has 2 heterocycles. The number of carbonyl (C=O) groups is 1. The van der Waals surface area contributed by atoms with Gasteiger partial charge in [-0.05, 0) is 54.8 Å². The zero-order valence-corrected chi connectivity index (χ0v) is 19.7. The largest absolute Gasteiger partial charge is 0.457 e. The number of hydrogen-bond acceptors (Lipinski definition) is 7. The van der Waals surface area contributed by atoms with Gasteiger partial charge in [-0.2, -0.15) is 0 Å². The van der Waals surface area contributed by atoms with E-state index in [1.54, 1.807) is 30.3 Å². The average Bonchev–Trinajstić information content (AvgIpc) is 3.52. The quantitative estimate of drug-likeness (QED) is 0.602. The van der Waals surface area contributed by atoms with E-state index < -0.39 is 25.9 Å². The molecule has 2 N–H and O–H groups in total. The number of anilines is 1. The monoisotopic (exact) mass is 499 g/mol. The number of amides is 1. The van der Waals surface area contributed by atoms with Crippen molar-refractivity contribution in [1.82, 2.24) is 5.32 Å². The van der Waals surface area contributed by atoms with Gasteiger partial charge in [-0.25, -0.2) is 16.8 Å². The summed E-state index contributed by atoms with van der Waals surface area (Å²) in [5.41, 5.74) is 2.03. The van der Waals surface area contributed by atoms with Crippen LogP contribution in [0.2, 0.25) is 0 Å². The molecule has 3 aliphatic rings. The van der Waals surface area contributed by atoms with E-state index in [4.69, 9.17) is 4.74 Å². The highest BCUT2D eigenvalue weighted by atomic mass is 32.2. The van der Waals surface area contributed by atoms with Gasteiger partial charge < -0.3 is 10.1 Å². The van der Waals surface area contributed by atoms with E-state index in [2.05, 4.69) is 15.0 Å². The Balaban J connectivity index is 1.53. The molecule has 0 saturated heterocycles. The van der Waals surface area contributed by atoms with Crippen molar-refractivity contribution in [2.24, 2.45) is 4.99 Å². The van der Waals surface area contributed by atoms with Gasteiger partial charge in [0, 0.05) is 35.9 Å². The number of allylic oxidation sites excluding steroid dienone is 1. The molecular formula is C23H21N3O6S2. The first-order valence-corrected chi connectivity index (χ1v) is 13.9. The molecule has 1 fully saturated rings. The molecule has 2 aliphatic heterocycles. The summed E-state index contributed by atoms with van der Waals surface area (Å²) in [6, 6.07) is 10.3. The fourth-order valence-electron chi connectivity index (χ4n) is 3.78. The van der Waals surface area contributed by atoms with Crippen molar-refractivity contribution in [2.45, 2.75) is 29.0 Å². The van der Waals surface area contributed by atoms with Crippen LogP contribution in [0.1, 0.15) is 18.4 Å². The van der Waals surface area contributed by atoms with Crippen molar-refractivity contribution in [2.75, 3.05) is 11.0 Å². The lowest BCUT2D eigenvalue weighted by molar-refractivity contribution is -0.120. The van der Waals surface area contributed by atoms with Crippen LogP contribution in [0.25, 0.3) is 5.57 Å². The Labute approximate surface area is 197 Å². The second kappa shape index (κ2) is 8.10. The summed E-state index contributed by atoms with van der Waals surface area (Å²) in [5, 5.41) is 2.30. The molecule has 1 aliphatic carbocycles. The summed E-state index contributed by atoms with van der Waals surface area (Å²) >= 11 is 0. The topological polar surface area (TPSA) is 131 Å². The summed E-state index contributed by atoms with van der Waals surface area (Å²) in [7, 11) is -6.95. The highest BCUT2D eigenvalue weighted by molar-refractivity contribution is 7.93. The highest BCUT2D eigenvalue weighted by Gasteiger charge is 2.36. The lowest BCUT2D eigenvalue weighted by Gasteiger charge is -2.23. The number of ether oxygens (including phenoxy) is 1. The SMILES string of the molecule is CS(=O)(=O)c1ccc(Oc2cccc(NS(=O)(=O)C3CC3)c2)c(C2=CNC(=O)C3N=CC=C23)c1. The predicted octanol–water partition coefficient (Wildman–Crippen LogP) is 2.64. The van der Waals surface area contributed by atoms with Crippen molar-refractivity contribution in [3.8, 4) is 11.5 Å². The molecule has 2 aromatic rings. The number of hydrogen-bond donors (Lipinski definition) is 2. The third-order valence-electron chi connectivity index (χ3n) is 5.66. The van der Waals surface area contributed by atoms with Crippen LogP contribution in [0, 0.1) is 0 Å². The van der Waals surface area contributed by atoms with Gasteiger partial charge in [-0.1, -0.05) is 6.07 Å². The predicted molar refractivity (Wildman–Crippen MR) is 128 cm³/mol. The molecule has 5 rings (SSSR count). The van der Waals surface area contributed by atoms with E-state index in [-0.39, 0.29) is 16.1 Å². The van der Waals surface area contributed by atoms with Crippen molar-refractivity contribution < 1.29 is 26.4 Å². The lowest BCUT2D eigenvalue weighted by Crippen LogP contribution is -2.34. The first kappa shape index (κ1) is 22.4. The van der Waals surface area contributed by atoms with Gasteiger partial charge in [0.2, 0.25) is 10.0 Å². The van der Waals surface area contributed by atoms with Gasteiger partial charge in [-0.15, -0.1) is 0 Å². The maximum absolute atomic E-state index is 12.3. The van der Waals surface area contributed by atoms with Crippen LogP contribution < -0.4 is 14.8 Å². The van der Waals surface area contributed by atoms with Crippen molar-refractivity contribution in [3.05, 3.63) is 65.9 Å². The number of sulfonamides is 1. The first-order valence-electron chi connectivity index (χ1n) is 10.5. The van der Waals surface area contributed by atoms with Gasteiger partial charge in [0.05, 0.1) is 15.8 Å². The van der Waals surface area contributed by atoms with E-state index in [1.165, 1.54) is 30.6 Å². The number of aliphatic imine (C=N–C) groups is 1. The summed E-state index contributed by atoms with van der Waals surface area (Å²) in [6.45, 7) is 0. The molecule has 176 valence electrons. The molecule has 2 aromatic carbocycles. The van der Waals surface area contributed by atoms with Gasteiger partial charge >= 0.3 is 0 Å². The Bertz CT molecular complexity index is 1500. The lowest BCUT2D eigenvalue weighted by atomic mass is 9.91. The third-order valence-corrected chi connectivity index (χ3v) is 8.64. The second-order valence-corrected chi connectivity index (χ2v) is 12.3. The third kappa shape index (κ3) is 4.36. The van der Waals surface area contributed by atoms with Crippen molar-refractivity contribution >= 4 is 43.2 Å². The standard InChI is InChI=1S/C23H21N3O6S2/c1-33(28,29)17-7-8-21(19(12-17)20-13-25-23(27)22-18(20)9-10-24-22)32-15-4-2-3-14(11-15)26-34(30,31)16-5-6-16/h2-4,7-13,16,22,26H,5-6H2,1H3,(H,25,27). The molecule has 1 amide bonds. The van der Waals surface area contributed by atoms with Crippen LogP contribution in [0.15, 0.2) is 70.2 Å². The van der Waals surface area contributed by atoms with Crippen LogP contribution in [-0.2, 0) is 24.7 Å². The number of carbonyl (C=O) groups excluding carboxylic acids is 1. The van der Waals surface area contributed by atoms with Crippen LogP contribution in [0.5, 0.6) is 11.5 Å². The van der Waals surface area contributed by atoms with Crippen LogP contribution >= 0.6 is 0 Å². The Morgan fingerprint density at radius 2 is 1.88 bits per heavy atom. The van der Waals surface area contributed by atoms with E-state index in [1.807, 2.05) is 0 Å². The smallest absolute Gasteiger partial charge is 0.253 e. The van der Waals surface area contributed by atoms with Crippen LogP contribution in [0.4, 0.5) is 5.69 Å². The molecule has 0 spiro atoms. The van der Waals surface area contributed by atoms with Crippen LogP contribution in [-0.4, -0.2) is 46.5 Å². The van der Waals surface area contributed by atoms with E-state index >= 15 is 0 Å². The molecule has 11 heteroatoms.